The van der Waals surface area contributed by atoms with Crippen LogP contribution in [0.3, 0.4) is 0 Å². The third-order valence-electron chi connectivity index (χ3n) is 4.25. The van der Waals surface area contributed by atoms with Gasteiger partial charge in [0.1, 0.15) is 0 Å². The molecule has 0 amide bonds. The van der Waals surface area contributed by atoms with E-state index in [0.717, 1.165) is 38.8 Å². The standard InChI is InChI=1S/C14H27N3O.HI/c15-13(17-10-6-1-2-7-11-17)16-12-14(18)8-4-3-5-9-14;/h18H,1-12H2,(H2,15,16);1H. The van der Waals surface area contributed by atoms with E-state index in [1.807, 2.05) is 0 Å². The largest absolute Gasteiger partial charge is 0.388 e. The maximum absolute atomic E-state index is 10.4. The Bertz CT molecular complexity index is 282. The van der Waals surface area contributed by atoms with Gasteiger partial charge in [-0.15, -0.1) is 24.0 Å². The predicted octanol–water partition coefficient (Wildman–Crippen LogP) is 2.49. The van der Waals surface area contributed by atoms with Crippen LogP contribution in [0, 0.1) is 0 Å². The predicted molar refractivity (Wildman–Crippen MR) is 90.0 cm³/mol. The quantitative estimate of drug-likeness (QED) is 0.439. The van der Waals surface area contributed by atoms with Crippen molar-refractivity contribution in [3.63, 3.8) is 0 Å². The van der Waals surface area contributed by atoms with Crippen LogP contribution in [0.4, 0.5) is 0 Å². The Kier molecular flexibility index (Phi) is 7.42. The van der Waals surface area contributed by atoms with Crippen molar-refractivity contribution in [3.8, 4) is 0 Å². The minimum absolute atomic E-state index is 0. The average molecular weight is 381 g/mol. The lowest BCUT2D eigenvalue weighted by Crippen LogP contribution is -2.41. The zero-order valence-electron chi connectivity index (χ0n) is 11.8. The molecule has 1 saturated carbocycles. The molecule has 5 heteroatoms. The van der Waals surface area contributed by atoms with Crippen molar-refractivity contribution >= 4 is 29.9 Å². The van der Waals surface area contributed by atoms with Gasteiger partial charge in [-0.25, -0.2) is 0 Å². The number of hydrogen-bond donors (Lipinski definition) is 2. The van der Waals surface area contributed by atoms with E-state index in [-0.39, 0.29) is 24.0 Å². The molecule has 19 heavy (non-hydrogen) atoms. The first-order chi connectivity index (χ1) is 8.70. The Hall–Kier alpha value is -0.0400. The van der Waals surface area contributed by atoms with Gasteiger partial charge in [-0.1, -0.05) is 32.1 Å². The third kappa shape index (κ3) is 5.45. The first-order valence-electron chi connectivity index (χ1n) is 7.47. The summed E-state index contributed by atoms with van der Waals surface area (Å²) in [7, 11) is 0. The van der Waals surface area contributed by atoms with Gasteiger partial charge in [-0.05, 0) is 25.7 Å². The maximum Gasteiger partial charge on any atom is 0.191 e. The molecule has 4 nitrogen and oxygen atoms in total. The molecule has 2 fully saturated rings. The summed E-state index contributed by atoms with van der Waals surface area (Å²) in [6, 6.07) is 0. The second-order valence-electron chi connectivity index (χ2n) is 5.86. The minimum Gasteiger partial charge on any atom is -0.388 e. The Morgan fingerprint density at radius 2 is 1.53 bits per heavy atom. The van der Waals surface area contributed by atoms with Gasteiger partial charge in [0.25, 0.3) is 0 Å². The zero-order valence-corrected chi connectivity index (χ0v) is 14.1. The average Bonchev–Trinajstić information content (AvgIpc) is 2.66. The van der Waals surface area contributed by atoms with Gasteiger partial charge in [0, 0.05) is 13.1 Å². The first-order valence-corrected chi connectivity index (χ1v) is 7.47. The second kappa shape index (κ2) is 8.29. The molecule has 0 radical (unpaired) electrons. The SMILES string of the molecule is I.NC(=NCC1(O)CCCCC1)N1CCCCCC1. The molecule has 1 aliphatic heterocycles. The van der Waals surface area contributed by atoms with E-state index in [1.54, 1.807) is 0 Å². The number of rotatable bonds is 2. The Labute approximate surface area is 133 Å². The van der Waals surface area contributed by atoms with Crippen molar-refractivity contribution in [1.82, 2.24) is 4.90 Å². The summed E-state index contributed by atoms with van der Waals surface area (Å²) >= 11 is 0. The topological polar surface area (TPSA) is 61.9 Å². The van der Waals surface area contributed by atoms with Gasteiger partial charge >= 0.3 is 0 Å². The van der Waals surface area contributed by atoms with Crippen LogP contribution in [0.2, 0.25) is 0 Å². The molecule has 0 unspecified atom stereocenters. The highest BCUT2D eigenvalue weighted by molar-refractivity contribution is 14.0. The van der Waals surface area contributed by atoms with E-state index in [9.17, 15) is 5.11 Å². The van der Waals surface area contributed by atoms with Gasteiger partial charge < -0.3 is 15.7 Å². The smallest absolute Gasteiger partial charge is 0.191 e. The van der Waals surface area contributed by atoms with Crippen LogP contribution >= 0.6 is 24.0 Å². The molecule has 0 bridgehead atoms. The Balaban J connectivity index is 0.00000180. The molecule has 2 rings (SSSR count). The Morgan fingerprint density at radius 1 is 1.00 bits per heavy atom. The number of nitrogens with zero attached hydrogens (tertiary/aromatic N) is 2. The number of likely N-dealkylation sites (tertiary alicyclic amines) is 1. The summed E-state index contributed by atoms with van der Waals surface area (Å²) in [5.41, 5.74) is 5.47. The van der Waals surface area contributed by atoms with Crippen LogP contribution in [0.15, 0.2) is 4.99 Å². The molecule has 3 N–H and O–H groups in total. The van der Waals surface area contributed by atoms with E-state index in [0.29, 0.717) is 12.5 Å². The highest BCUT2D eigenvalue weighted by atomic mass is 127. The molecular weight excluding hydrogens is 353 g/mol. The molecule has 1 heterocycles. The van der Waals surface area contributed by atoms with E-state index in [4.69, 9.17) is 5.73 Å². The summed E-state index contributed by atoms with van der Waals surface area (Å²) in [5.74, 6) is 0.635. The van der Waals surface area contributed by atoms with Crippen molar-refractivity contribution in [2.75, 3.05) is 19.6 Å². The van der Waals surface area contributed by atoms with E-state index >= 15 is 0 Å². The fraction of sp³-hybridized carbons (Fsp3) is 0.929. The number of aliphatic imine (C=N–C) groups is 1. The summed E-state index contributed by atoms with van der Waals surface area (Å²) in [4.78, 5) is 6.64. The van der Waals surface area contributed by atoms with Gasteiger partial charge in [-0.2, -0.15) is 0 Å². The molecule has 1 saturated heterocycles. The van der Waals surface area contributed by atoms with Crippen LogP contribution in [-0.4, -0.2) is 41.2 Å². The highest BCUT2D eigenvalue weighted by Gasteiger charge is 2.29. The molecule has 1 aliphatic carbocycles. The van der Waals surface area contributed by atoms with Gasteiger partial charge in [0.05, 0.1) is 12.1 Å². The van der Waals surface area contributed by atoms with Crippen molar-refractivity contribution in [1.29, 1.82) is 0 Å². The van der Waals surface area contributed by atoms with Crippen LogP contribution in [0.1, 0.15) is 57.8 Å². The number of nitrogens with two attached hydrogens (primary N) is 1. The molecule has 0 aromatic carbocycles. The van der Waals surface area contributed by atoms with Crippen molar-refractivity contribution in [3.05, 3.63) is 0 Å². The van der Waals surface area contributed by atoms with E-state index in [2.05, 4.69) is 9.89 Å². The number of aliphatic hydroxyl groups is 1. The monoisotopic (exact) mass is 381 g/mol. The van der Waals surface area contributed by atoms with E-state index < -0.39 is 5.60 Å². The molecular formula is C14H28IN3O. The van der Waals surface area contributed by atoms with Crippen LogP contribution in [0.5, 0.6) is 0 Å². The lowest BCUT2D eigenvalue weighted by atomic mass is 9.85. The highest BCUT2D eigenvalue weighted by Crippen LogP contribution is 2.28. The number of guanidine groups is 1. The van der Waals surface area contributed by atoms with Gasteiger partial charge in [-0.3, -0.25) is 4.99 Å². The number of halogens is 1. The summed E-state index contributed by atoms with van der Waals surface area (Å²) in [6.07, 6.45) is 10.3. The van der Waals surface area contributed by atoms with E-state index in [1.165, 1.54) is 32.1 Å². The minimum atomic E-state index is -0.589. The fourth-order valence-corrected chi connectivity index (χ4v) is 3.00. The summed E-state index contributed by atoms with van der Waals surface area (Å²) < 4.78 is 0. The normalized spacial score (nSPS) is 24.5. The van der Waals surface area contributed by atoms with Crippen LogP contribution in [-0.2, 0) is 0 Å². The molecule has 2 aliphatic rings. The zero-order chi connectivity index (χ0) is 12.8. The van der Waals surface area contributed by atoms with Crippen molar-refractivity contribution in [2.45, 2.75) is 63.4 Å². The summed E-state index contributed by atoms with van der Waals surface area (Å²) in [6.45, 7) is 2.52. The lowest BCUT2D eigenvalue weighted by molar-refractivity contribution is 0.0130. The fourth-order valence-electron chi connectivity index (χ4n) is 3.00. The molecule has 0 spiro atoms. The van der Waals surface area contributed by atoms with Crippen molar-refractivity contribution in [2.24, 2.45) is 10.7 Å². The molecule has 0 aromatic rings. The Morgan fingerprint density at radius 3 is 2.11 bits per heavy atom. The lowest BCUT2D eigenvalue weighted by Gasteiger charge is -2.31. The maximum atomic E-state index is 10.4. The van der Waals surface area contributed by atoms with Crippen LogP contribution in [0.25, 0.3) is 0 Å². The molecule has 112 valence electrons. The van der Waals surface area contributed by atoms with Crippen molar-refractivity contribution < 1.29 is 5.11 Å². The second-order valence-corrected chi connectivity index (χ2v) is 5.86. The van der Waals surface area contributed by atoms with Crippen LogP contribution < -0.4 is 5.73 Å². The molecule has 0 atom stereocenters. The molecule has 0 aromatic heterocycles. The summed E-state index contributed by atoms with van der Waals surface area (Å²) in [5, 5.41) is 10.4. The first kappa shape index (κ1) is 17.0. The van der Waals surface area contributed by atoms with Gasteiger partial charge in [0.2, 0.25) is 0 Å². The third-order valence-corrected chi connectivity index (χ3v) is 4.25. The number of hydrogen-bond acceptors (Lipinski definition) is 2. The van der Waals surface area contributed by atoms with Gasteiger partial charge in [0.15, 0.2) is 5.96 Å².